The van der Waals surface area contributed by atoms with Crippen molar-refractivity contribution in [2.24, 2.45) is 0 Å². The van der Waals surface area contributed by atoms with Crippen molar-refractivity contribution in [1.29, 1.82) is 0 Å². The third-order valence-corrected chi connectivity index (χ3v) is 2.50. The lowest BCUT2D eigenvalue weighted by Crippen LogP contribution is -2.60. The Morgan fingerprint density at radius 1 is 0.727 bits per heavy atom. The minimum atomic E-state index is -7.10. The number of hydrogen-bond donors (Lipinski definition) is 1. The zero-order valence-electron chi connectivity index (χ0n) is 10.1. The highest BCUT2D eigenvalue weighted by Gasteiger charge is 2.81. The van der Waals surface area contributed by atoms with Crippen LogP contribution in [0.5, 0.6) is 0 Å². The minimum Gasteiger partial charge on any atom is -0.477 e. The summed E-state index contributed by atoms with van der Waals surface area (Å²) in [7, 11) is 0. The van der Waals surface area contributed by atoms with E-state index in [0.717, 1.165) is 0 Å². The van der Waals surface area contributed by atoms with Gasteiger partial charge < -0.3 is 5.11 Å². The Hall–Kier alpha value is -1.30. The molecule has 0 aromatic carbocycles. The van der Waals surface area contributed by atoms with E-state index in [2.05, 4.69) is 0 Å². The van der Waals surface area contributed by atoms with Gasteiger partial charge in [-0.25, -0.2) is 4.79 Å². The predicted octanol–water partition coefficient (Wildman–Crippen LogP) is 4.34. The summed E-state index contributed by atoms with van der Waals surface area (Å²) in [5.74, 6) is -27.4. The van der Waals surface area contributed by atoms with Crippen molar-refractivity contribution in [2.45, 2.75) is 49.1 Å². The maximum Gasteiger partial charge on any atom is 0.460 e. The van der Waals surface area contributed by atoms with Gasteiger partial charge in [-0.2, -0.15) is 48.3 Å². The van der Waals surface area contributed by atoms with Crippen molar-refractivity contribution in [3.63, 3.8) is 0 Å². The van der Waals surface area contributed by atoms with E-state index in [4.69, 9.17) is 5.11 Å². The maximum absolute atomic E-state index is 12.9. The van der Waals surface area contributed by atoms with Crippen LogP contribution in [0.2, 0.25) is 0 Å². The number of halogens is 11. The average molecular weight is 356 g/mol. The first-order valence-electron chi connectivity index (χ1n) is 5.21. The van der Waals surface area contributed by atoms with Crippen LogP contribution in [0.25, 0.3) is 0 Å². The molecule has 0 spiro atoms. The second kappa shape index (κ2) is 5.72. The average Bonchev–Trinajstić information content (AvgIpc) is 2.25. The minimum absolute atomic E-state index is 1.73. The van der Waals surface area contributed by atoms with Gasteiger partial charge in [0.05, 0.1) is 0 Å². The van der Waals surface area contributed by atoms with Gasteiger partial charge in [-0.1, -0.05) is 0 Å². The Morgan fingerprint density at radius 3 is 1.45 bits per heavy atom. The molecule has 0 aliphatic carbocycles. The maximum atomic E-state index is 12.9. The zero-order chi connectivity index (χ0) is 18.2. The van der Waals surface area contributed by atoms with Crippen LogP contribution in [0.4, 0.5) is 48.3 Å². The lowest BCUT2D eigenvalue weighted by molar-refractivity contribution is -0.396. The number of hydrogen-bond acceptors (Lipinski definition) is 1. The van der Waals surface area contributed by atoms with E-state index in [0.29, 0.717) is 0 Å². The molecule has 1 N–H and O–H groups in total. The molecule has 0 saturated carbocycles. The number of rotatable bonds is 7. The Bertz CT molecular complexity index is 412. The molecule has 0 saturated heterocycles. The third kappa shape index (κ3) is 3.72. The zero-order valence-corrected chi connectivity index (χ0v) is 10.1. The molecular weight excluding hydrogens is 349 g/mol. The molecule has 22 heavy (non-hydrogen) atoms. The number of carbonyl (C=O) groups is 1. The van der Waals surface area contributed by atoms with Gasteiger partial charge in [0.1, 0.15) is 0 Å². The highest BCUT2D eigenvalue weighted by molar-refractivity contribution is 5.75. The van der Waals surface area contributed by atoms with Gasteiger partial charge in [0.15, 0.2) is 0 Å². The van der Waals surface area contributed by atoms with Gasteiger partial charge in [0, 0.05) is 12.8 Å². The van der Waals surface area contributed by atoms with Gasteiger partial charge in [0.2, 0.25) is 0 Å². The van der Waals surface area contributed by atoms with Crippen LogP contribution < -0.4 is 0 Å². The van der Waals surface area contributed by atoms with E-state index in [1.165, 1.54) is 0 Å². The molecule has 0 fully saturated rings. The van der Waals surface area contributed by atoms with Crippen LogP contribution in [0.15, 0.2) is 0 Å². The molecule has 0 atom stereocenters. The van der Waals surface area contributed by atoms with Gasteiger partial charge in [-0.3, -0.25) is 0 Å². The van der Waals surface area contributed by atoms with Crippen LogP contribution in [-0.4, -0.2) is 40.9 Å². The first-order chi connectivity index (χ1) is 9.40. The summed E-state index contributed by atoms with van der Waals surface area (Å²) in [4.78, 5) is 9.91. The van der Waals surface area contributed by atoms with Gasteiger partial charge in [0.25, 0.3) is 0 Å². The molecule has 132 valence electrons. The molecule has 0 amide bonds. The van der Waals surface area contributed by atoms with E-state index in [1.54, 1.807) is 0 Å². The highest BCUT2D eigenvalue weighted by atomic mass is 19.4. The molecule has 0 unspecified atom stereocenters. The summed E-state index contributed by atoms with van der Waals surface area (Å²) >= 11 is 0. The lowest BCUT2D eigenvalue weighted by Gasteiger charge is -2.33. The lowest BCUT2D eigenvalue weighted by atomic mass is 9.98. The van der Waals surface area contributed by atoms with Gasteiger partial charge in [-0.15, -0.1) is 0 Å². The van der Waals surface area contributed by atoms with Crippen molar-refractivity contribution in [1.82, 2.24) is 0 Å². The van der Waals surface area contributed by atoms with Crippen LogP contribution >= 0.6 is 0 Å². The highest BCUT2D eigenvalue weighted by Crippen LogP contribution is 2.54. The Morgan fingerprint density at radius 2 is 1.14 bits per heavy atom. The third-order valence-electron chi connectivity index (χ3n) is 2.50. The Kier molecular flexibility index (Phi) is 5.38. The molecule has 13 heteroatoms. The predicted molar refractivity (Wildman–Crippen MR) is 47.3 cm³/mol. The Labute approximate surface area is 114 Å². The topological polar surface area (TPSA) is 37.3 Å². The summed E-state index contributed by atoms with van der Waals surface area (Å²) in [5.41, 5.74) is 0. The summed E-state index contributed by atoms with van der Waals surface area (Å²) < 4.78 is 136. The molecule has 0 bridgehead atoms. The van der Waals surface area contributed by atoms with Crippen molar-refractivity contribution < 1.29 is 58.2 Å². The first-order valence-corrected chi connectivity index (χ1v) is 5.21. The fraction of sp³-hybridized carbons (Fsp3) is 0.889. The van der Waals surface area contributed by atoms with Gasteiger partial charge in [-0.05, 0) is 6.42 Å². The standard InChI is InChI=1S/C9H7F11O2/c10-5(11,4(21)22)2-1-3-6(12,13)7(14,15)8(16,17)9(18,19)20/h1-3H2,(H,21,22). The fourth-order valence-electron chi connectivity index (χ4n) is 1.20. The molecule has 0 aliphatic rings. The smallest absolute Gasteiger partial charge is 0.460 e. The van der Waals surface area contributed by atoms with Crippen LogP contribution in [-0.2, 0) is 4.79 Å². The summed E-state index contributed by atoms with van der Waals surface area (Å²) in [5, 5.41) is 7.91. The molecule has 0 aromatic heterocycles. The summed E-state index contributed by atoms with van der Waals surface area (Å²) in [6.07, 6.45) is -13.2. The number of alkyl halides is 11. The van der Waals surface area contributed by atoms with E-state index in [1.807, 2.05) is 0 Å². The molecule has 0 radical (unpaired) electrons. The van der Waals surface area contributed by atoms with E-state index < -0.39 is 55.1 Å². The second-order valence-electron chi connectivity index (χ2n) is 4.21. The van der Waals surface area contributed by atoms with Crippen LogP contribution in [0, 0.1) is 0 Å². The summed E-state index contributed by atoms with van der Waals surface area (Å²) in [6, 6.07) is 0. The van der Waals surface area contributed by atoms with E-state index in [-0.39, 0.29) is 0 Å². The van der Waals surface area contributed by atoms with Crippen molar-refractivity contribution >= 4 is 5.97 Å². The van der Waals surface area contributed by atoms with Crippen LogP contribution in [0.1, 0.15) is 19.3 Å². The number of carboxylic acids is 1. The molecular formula is C9H7F11O2. The molecule has 0 rings (SSSR count). The van der Waals surface area contributed by atoms with Gasteiger partial charge >= 0.3 is 35.8 Å². The Balaban J connectivity index is 5.12. The summed E-state index contributed by atoms with van der Waals surface area (Å²) in [6.45, 7) is 0. The van der Waals surface area contributed by atoms with E-state index in [9.17, 15) is 53.1 Å². The molecule has 2 nitrogen and oxygen atoms in total. The molecule has 0 heterocycles. The van der Waals surface area contributed by atoms with E-state index >= 15 is 0 Å². The molecule has 0 aromatic rings. The SMILES string of the molecule is O=C(O)C(F)(F)CCCC(F)(F)C(F)(F)C(F)(F)C(F)(F)F. The fourth-order valence-corrected chi connectivity index (χ4v) is 1.20. The first kappa shape index (κ1) is 20.7. The monoisotopic (exact) mass is 356 g/mol. The number of carboxylic acid groups (broad SMARTS) is 1. The van der Waals surface area contributed by atoms with Crippen LogP contribution in [0.3, 0.4) is 0 Å². The van der Waals surface area contributed by atoms with Crippen molar-refractivity contribution in [3.05, 3.63) is 0 Å². The largest absolute Gasteiger partial charge is 0.477 e. The quantitative estimate of drug-likeness (QED) is 0.689. The van der Waals surface area contributed by atoms with Crippen molar-refractivity contribution in [3.8, 4) is 0 Å². The second-order valence-corrected chi connectivity index (χ2v) is 4.21. The normalized spacial score (nSPS) is 15.0. The molecule has 0 aliphatic heterocycles. The number of aliphatic carboxylic acids is 1. The van der Waals surface area contributed by atoms with Crippen molar-refractivity contribution in [2.75, 3.05) is 0 Å².